The monoisotopic (exact) mass is 343 g/mol. The summed E-state index contributed by atoms with van der Waals surface area (Å²) in [6.45, 7) is 4.50. The maximum Gasteiger partial charge on any atom is 0.230 e. The van der Waals surface area contributed by atoms with E-state index in [4.69, 9.17) is 0 Å². The van der Waals surface area contributed by atoms with E-state index in [-0.39, 0.29) is 5.91 Å². The van der Waals surface area contributed by atoms with Crippen LogP contribution in [0.5, 0.6) is 0 Å². The van der Waals surface area contributed by atoms with Gasteiger partial charge in [0.05, 0.1) is 5.75 Å². The molecule has 126 valence electrons. The highest BCUT2D eigenvalue weighted by atomic mass is 32.2. The topological polar surface area (TPSA) is 80.7 Å². The number of fused-ring (bicyclic) bond motifs is 1. The van der Waals surface area contributed by atoms with Gasteiger partial charge >= 0.3 is 0 Å². The number of rotatable bonds is 6. The number of aryl methyl sites for hydroxylation is 3. The molecule has 0 saturated carbocycles. The van der Waals surface area contributed by atoms with E-state index in [1.165, 1.54) is 29.4 Å². The lowest BCUT2D eigenvalue weighted by molar-refractivity contribution is -0.118. The molecule has 0 aromatic carbocycles. The summed E-state index contributed by atoms with van der Waals surface area (Å²) in [4.78, 5) is 29.5. The van der Waals surface area contributed by atoms with Crippen molar-refractivity contribution in [3.05, 3.63) is 40.7 Å². The van der Waals surface area contributed by atoms with E-state index in [1.807, 2.05) is 19.9 Å². The van der Waals surface area contributed by atoms with Gasteiger partial charge in [-0.25, -0.2) is 19.9 Å². The molecule has 0 bridgehead atoms. The normalized spacial score (nSPS) is 12.9. The van der Waals surface area contributed by atoms with Crippen LogP contribution in [0.2, 0.25) is 0 Å². The summed E-state index contributed by atoms with van der Waals surface area (Å²) in [6.07, 6.45) is 5.67. The lowest BCUT2D eigenvalue weighted by Crippen LogP contribution is -2.28. The Morgan fingerprint density at radius 1 is 1.25 bits per heavy atom. The summed E-state index contributed by atoms with van der Waals surface area (Å²) in [5.41, 5.74) is 4.50. The van der Waals surface area contributed by atoms with E-state index in [0.29, 0.717) is 23.9 Å². The second kappa shape index (κ2) is 7.70. The largest absolute Gasteiger partial charge is 0.355 e. The Kier molecular flexibility index (Phi) is 5.40. The maximum atomic E-state index is 11.9. The van der Waals surface area contributed by atoms with Gasteiger partial charge in [-0.3, -0.25) is 4.79 Å². The van der Waals surface area contributed by atoms with Crippen LogP contribution >= 0.6 is 11.8 Å². The fraction of sp³-hybridized carbons (Fsp3) is 0.471. The molecule has 24 heavy (non-hydrogen) atoms. The van der Waals surface area contributed by atoms with Gasteiger partial charge in [0.2, 0.25) is 5.91 Å². The average Bonchev–Trinajstić information content (AvgIpc) is 3.02. The molecule has 0 saturated heterocycles. The van der Waals surface area contributed by atoms with Gasteiger partial charge < -0.3 is 5.32 Å². The molecule has 2 aromatic rings. The van der Waals surface area contributed by atoms with Gasteiger partial charge in [0, 0.05) is 36.2 Å². The van der Waals surface area contributed by atoms with E-state index >= 15 is 0 Å². The van der Waals surface area contributed by atoms with Crippen LogP contribution in [-0.2, 0) is 24.1 Å². The van der Waals surface area contributed by atoms with Crippen molar-refractivity contribution in [2.24, 2.45) is 0 Å². The molecule has 7 heteroatoms. The number of carbonyl (C=O) groups is 1. The highest BCUT2D eigenvalue weighted by Crippen LogP contribution is 2.22. The molecule has 0 atom stereocenters. The molecular formula is C17H21N5OS. The summed E-state index contributed by atoms with van der Waals surface area (Å²) < 4.78 is 0. The van der Waals surface area contributed by atoms with Crippen LogP contribution in [0.4, 0.5) is 0 Å². The molecule has 1 amide bonds. The third-order valence-corrected chi connectivity index (χ3v) is 4.82. The number of thioether (sulfide) groups is 1. The molecule has 0 spiro atoms. The number of nitrogens with one attached hydrogen (secondary N) is 1. The van der Waals surface area contributed by atoms with Gasteiger partial charge in [-0.15, -0.1) is 0 Å². The summed E-state index contributed by atoms with van der Waals surface area (Å²) >= 11 is 1.34. The molecule has 0 radical (unpaired) electrons. The zero-order valence-electron chi connectivity index (χ0n) is 14.0. The molecule has 1 aliphatic carbocycles. The van der Waals surface area contributed by atoms with E-state index in [0.717, 1.165) is 30.1 Å². The van der Waals surface area contributed by atoms with Crippen LogP contribution < -0.4 is 5.32 Å². The summed E-state index contributed by atoms with van der Waals surface area (Å²) in [5.74, 6) is 1.11. The third kappa shape index (κ3) is 4.29. The molecule has 0 fully saturated rings. The Hall–Kier alpha value is -2.02. The number of hydrogen-bond donors (Lipinski definition) is 1. The van der Waals surface area contributed by atoms with E-state index < -0.39 is 0 Å². The number of nitrogens with zero attached hydrogens (tertiary/aromatic N) is 4. The fourth-order valence-electron chi connectivity index (χ4n) is 2.78. The van der Waals surface area contributed by atoms with Crippen molar-refractivity contribution in [1.29, 1.82) is 0 Å². The standard InChI is InChI=1S/C17H21N5OS/c1-11-6-8-19-17(20-11)24-10-16(23)18-9-7-15-21-12(2)13-4-3-5-14(13)22-15/h6,8H,3-5,7,9-10H2,1-2H3,(H,18,23). The number of aromatic nitrogens is 4. The zero-order chi connectivity index (χ0) is 16.9. The highest BCUT2D eigenvalue weighted by Gasteiger charge is 2.16. The summed E-state index contributed by atoms with van der Waals surface area (Å²) in [7, 11) is 0. The Morgan fingerprint density at radius 2 is 2.12 bits per heavy atom. The van der Waals surface area contributed by atoms with Crippen LogP contribution in [0.1, 0.15) is 34.9 Å². The molecule has 2 heterocycles. The predicted octanol–water partition coefficient (Wildman–Crippen LogP) is 1.82. The molecule has 1 aliphatic rings. The molecule has 1 N–H and O–H groups in total. The Bertz CT molecular complexity index is 750. The molecular weight excluding hydrogens is 322 g/mol. The minimum atomic E-state index is -0.0250. The second-order valence-electron chi connectivity index (χ2n) is 5.87. The summed E-state index contributed by atoms with van der Waals surface area (Å²) in [6, 6.07) is 1.84. The molecule has 0 unspecified atom stereocenters. The van der Waals surface area contributed by atoms with Crippen molar-refractivity contribution in [3.63, 3.8) is 0 Å². The van der Waals surface area contributed by atoms with Crippen LogP contribution in [0.15, 0.2) is 17.4 Å². The molecule has 6 nitrogen and oxygen atoms in total. The quantitative estimate of drug-likeness (QED) is 0.636. The van der Waals surface area contributed by atoms with Gasteiger partial charge in [-0.2, -0.15) is 0 Å². The van der Waals surface area contributed by atoms with Crippen LogP contribution in [0, 0.1) is 13.8 Å². The Labute approximate surface area is 145 Å². The first kappa shape index (κ1) is 16.8. The minimum absolute atomic E-state index is 0.0250. The van der Waals surface area contributed by atoms with Crippen molar-refractivity contribution in [2.45, 2.75) is 44.7 Å². The van der Waals surface area contributed by atoms with Gasteiger partial charge in [-0.05, 0) is 44.7 Å². The van der Waals surface area contributed by atoms with Gasteiger partial charge in [0.15, 0.2) is 5.16 Å². The SMILES string of the molecule is Cc1ccnc(SCC(=O)NCCc2nc(C)c3c(n2)CCC3)n1. The lowest BCUT2D eigenvalue weighted by atomic mass is 10.2. The second-order valence-corrected chi connectivity index (χ2v) is 6.82. The first-order chi connectivity index (χ1) is 11.6. The fourth-order valence-corrected chi connectivity index (χ4v) is 3.49. The third-order valence-electron chi connectivity index (χ3n) is 3.96. The molecule has 0 aliphatic heterocycles. The van der Waals surface area contributed by atoms with Crippen molar-refractivity contribution >= 4 is 17.7 Å². The van der Waals surface area contributed by atoms with Crippen LogP contribution in [0.3, 0.4) is 0 Å². The van der Waals surface area contributed by atoms with Crippen molar-refractivity contribution in [1.82, 2.24) is 25.3 Å². The first-order valence-electron chi connectivity index (χ1n) is 8.16. The molecule has 2 aromatic heterocycles. The van der Waals surface area contributed by atoms with E-state index in [1.54, 1.807) is 6.20 Å². The van der Waals surface area contributed by atoms with Gasteiger partial charge in [0.1, 0.15) is 5.82 Å². The average molecular weight is 343 g/mol. The number of amides is 1. The smallest absolute Gasteiger partial charge is 0.230 e. The van der Waals surface area contributed by atoms with Gasteiger partial charge in [-0.1, -0.05) is 11.8 Å². The Morgan fingerprint density at radius 3 is 2.96 bits per heavy atom. The highest BCUT2D eigenvalue weighted by molar-refractivity contribution is 7.99. The van der Waals surface area contributed by atoms with E-state index in [9.17, 15) is 4.79 Å². The van der Waals surface area contributed by atoms with Crippen molar-refractivity contribution < 1.29 is 4.79 Å². The Balaban J connectivity index is 1.45. The predicted molar refractivity (Wildman–Crippen MR) is 93.0 cm³/mol. The number of carbonyl (C=O) groups excluding carboxylic acids is 1. The minimum Gasteiger partial charge on any atom is -0.355 e. The summed E-state index contributed by atoms with van der Waals surface area (Å²) in [5, 5.41) is 3.54. The zero-order valence-corrected chi connectivity index (χ0v) is 14.8. The van der Waals surface area contributed by atoms with Crippen LogP contribution in [0.25, 0.3) is 0 Å². The maximum absolute atomic E-state index is 11.9. The van der Waals surface area contributed by atoms with Crippen molar-refractivity contribution in [2.75, 3.05) is 12.3 Å². The number of hydrogen-bond acceptors (Lipinski definition) is 6. The van der Waals surface area contributed by atoms with Crippen LogP contribution in [-0.4, -0.2) is 38.1 Å². The van der Waals surface area contributed by atoms with Crippen molar-refractivity contribution in [3.8, 4) is 0 Å². The molecule has 3 rings (SSSR count). The van der Waals surface area contributed by atoms with Gasteiger partial charge in [0.25, 0.3) is 0 Å². The van der Waals surface area contributed by atoms with E-state index in [2.05, 4.69) is 25.3 Å². The lowest BCUT2D eigenvalue weighted by Gasteiger charge is -2.08. The first-order valence-corrected chi connectivity index (χ1v) is 9.15.